The summed E-state index contributed by atoms with van der Waals surface area (Å²) in [7, 11) is 0. The van der Waals surface area contributed by atoms with Crippen molar-refractivity contribution in [1.29, 1.82) is 0 Å². The lowest BCUT2D eigenvalue weighted by molar-refractivity contribution is -0.138. The van der Waals surface area contributed by atoms with Gasteiger partial charge in [0.15, 0.2) is 0 Å². The van der Waals surface area contributed by atoms with Crippen molar-refractivity contribution in [1.82, 2.24) is 4.90 Å². The molecule has 2 atom stereocenters. The van der Waals surface area contributed by atoms with Crippen molar-refractivity contribution in [2.24, 2.45) is 5.92 Å². The average molecular weight is 247 g/mol. The van der Waals surface area contributed by atoms with Crippen LogP contribution in [0.4, 0.5) is 0 Å². The summed E-state index contributed by atoms with van der Waals surface area (Å²) >= 11 is 0. The zero-order valence-corrected chi connectivity index (χ0v) is 10.9. The highest BCUT2D eigenvalue weighted by Crippen LogP contribution is 2.34. The smallest absolute Gasteiger partial charge is 0.317 e. The van der Waals surface area contributed by atoms with Gasteiger partial charge >= 0.3 is 5.97 Å². The molecule has 0 saturated carbocycles. The second-order valence-electron chi connectivity index (χ2n) is 5.10. The van der Waals surface area contributed by atoms with Gasteiger partial charge < -0.3 is 5.11 Å². The van der Waals surface area contributed by atoms with Gasteiger partial charge in [0.05, 0.1) is 6.54 Å². The van der Waals surface area contributed by atoms with Crippen LogP contribution < -0.4 is 0 Å². The number of carboxylic acids is 1. The molecule has 0 bridgehead atoms. The Labute approximate surface area is 108 Å². The van der Waals surface area contributed by atoms with E-state index in [2.05, 4.69) is 36.1 Å². The molecule has 0 unspecified atom stereocenters. The molecule has 3 nitrogen and oxygen atoms in total. The highest BCUT2D eigenvalue weighted by atomic mass is 16.4. The fourth-order valence-electron chi connectivity index (χ4n) is 3.00. The number of piperidine rings is 1. The third-order valence-electron chi connectivity index (χ3n) is 3.93. The van der Waals surface area contributed by atoms with E-state index in [0.717, 1.165) is 25.9 Å². The van der Waals surface area contributed by atoms with Gasteiger partial charge in [0.2, 0.25) is 0 Å². The quantitative estimate of drug-likeness (QED) is 0.889. The largest absolute Gasteiger partial charge is 0.480 e. The number of aliphatic carboxylic acids is 1. The molecule has 98 valence electrons. The number of carboxylic acid groups (broad SMARTS) is 1. The summed E-state index contributed by atoms with van der Waals surface area (Å²) in [6, 6.07) is 10.6. The van der Waals surface area contributed by atoms with E-state index in [1.807, 2.05) is 6.07 Å². The van der Waals surface area contributed by atoms with Crippen molar-refractivity contribution in [3.05, 3.63) is 35.9 Å². The van der Waals surface area contributed by atoms with Crippen LogP contribution in [-0.2, 0) is 4.79 Å². The van der Waals surface area contributed by atoms with Gasteiger partial charge in [0, 0.05) is 6.54 Å². The Bertz CT molecular complexity index is 391. The van der Waals surface area contributed by atoms with Crippen LogP contribution in [0.5, 0.6) is 0 Å². The topological polar surface area (TPSA) is 40.5 Å². The summed E-state index contributed by atoms with van der Waals surface area (Å²) in [5.41, 5.74) is 1.40. The summed E-state index contributed by atoms with van der Waals surface area (Å²) in [5, 5.41) is 8.87. The van der Waals surface area contributed by atoms with Gasteiger partial charge in [-0.05, 0) is 30.4 Å². The summed E-state index contributed by atoms with van der Waals surface area (Å²) in [6.45, 7) is 4.17. The number of rotatable bonds is 4. The molecule has 1 saturated heterocycles. The lowest BCUT2D eigenvalue weighted by atomic mass is 9.79. The van der Waals surface area contributed by atoms with Crippen LogP contribution >= 0.6 is 0 Å². The average Bonchev–Trinajstić information content (AvgIpc) is 2.39. The van der Waals surface area contributed by atoms with E-state index >= 15 is 0 Å². The molecule has 0 amide bonds. The second-order valence-corrected chi connectivity index (χ2v) is 5.10. The molecule has 0 spiro atoms. The van der Waals surface area contributed by atoms with Crippen molar-refractivity contribution in [3.8, 4) is 0 Å². The number of carbonyl (C=O) groups is 1. The third kappa shape index (κ3) is 3.10. The number of hydrogen-bond donors (Lipinski definition) is 1. The maximum atomic E-state index is 10.8. The number of hydrogen-bond acceptors (Lipinski definition) is 2. The zero-order valence-electron chi connectivity index (χ0n) is 10.9. The Morgan fingerprint density at radius 3 is 2.72 bits per heavy atom. The molecule has 2 rings (SSSR count). The minimum absolute atomic E-state index is 0.179. The van der Waals surface area contributed by atoms with Gasteiger partial charge in [-0.15, -0.1) is 0 Å². The molecule has 1 aliphatic rings. The Hall–Kier alpha value is -1.35. The first-order chi connectivity index (χ1) is 8.70. The van der Waals surface area contributed by atoms with E-state index in [0.29, 0.717) is 11.8 Å². The maximum absolute atomic E-state index is 10.8. The Kier molecular flexibility index (Phi) is 4.37. The van der Waals surface area contributed by atoms with Gasteiger partial charge in [-0.1, -0.05) is 43.7 Å². The predicted molar refractivity (Wildman–Crippen MR) is 71.7 cm³/mol. The molecule has 0 aliphatic carbocycles. The van der Waals surface area contributed by atoms with Gasteiger partial charge in [-0.2, -0.15) is 0 Å². The predicted octanol–water partition coefficient (Wildman–Crippen LogP) is 2.59. The second kappa shape index (κ2) is 6.01. The van der Waals surface area contributed by atoms with Crippen LogP contribution in [0.1, 0.15) is 31.2 Å². The molecule has 1 aliphatic heterocycles. The molecule has 1 aromatic rings. The number of nitrogens with zero attached hydrogens (tertiary/aromatic N) is 1. The monoisotopic (exact) mass is 247 g/mol. The van der Waals surface area contributed by atoms with Crippen molar-refractivity contribution >= 4 is 5.97 Å². The SMILES string of the molecule is CC[C@@H]1CN(CC(=O)O)CC[C@@H]1c1ccccc1. The van der Waals surface area contributed by atoms with E-state index < -0.39 is 5.97 Å². The molecule has 18 heavy (non-hydrogen) atoms. The summed E-state index contributed by atoms with van der Waals surface area (Å²) in [6.07, 6.45) is 2.17. The lowest BCUT2D eigenvalue weighted by Crippen LogP contribution is -2.41. The fraction of sp³-hybridized carbons (Fsp3) is 0.533. The molecule has 1 heterocycles. The summed E-state index contributed by atoms with van der Waals surface area (Å²) < 4.78 is 0. The van der Waals surface area contributed by atoms with E-state index in [4.69, 9.17) is 5.11 Å². The van der Waals surface area contributed by atoms with Crippen LogP contribution in [0.3, 0.4) is 0 Å². The lowest BCUT2D eigenvalue weighted by Gasteiger charge is -2.37. The first kappa shape index (κ1) is 13.1. The molecule has 3 heteroatoms. The van der Waals surface area contributed by atoms with Crippen molar-refractivity contribution in [3.63, 3.8) is 0 Å². The van der Waals surface area contributed by atoms with Gasteiger partial charge in [0.1, 0.15) is 0 Å². The molecule has 1 aromatic carbocycles. The van der Waals surface area contributed by atoms with Crippen molar-refractivity contribution in [2.75, 3.05) is 19.6 Å². The van der Waals surface area contributed by atoms with Crippen LogP contribution in [0.2, 0.25) is 0 Å². The van der Waals surface area contributed by atoms with Crippen molar-refractivity contribution in [2.45, 2.75) is 25.7 Å². The van der Waals surface area contributed by atoms with E-state index in [1.165, 1.54) is 5.56 Å². The molecule has 0 aromatic heterocycles. The minimum Gasteiger partial charge on any atom is -0.480 e. The van der Waals surface area contributed by atoms with E-state index in [-0.39, 0.29) is 6.54 Å². The first-order valence-electron chi connectivity index (χ1n) is 6.69. The van der Waals surface area contributed by atoms with E-state index in [9.17, 15) is 4.79 Å². The fourth-order valence-corrected chi connectivity index (χ4v) is 3.00. The standard InChI is InChI=1S/C15H21NO2/c1-2-12-10-16(11-15(17)18)9-8-14(12)13-6-4-3-5-7-13/h3-7,12,14H,2,8-11H2,1H3,(H,17,18)/t12-,14+/m1/s1. The number of likely N-dealkylation sites (tertiary alicyclic amines) is 1. The third-order valence-corrected chi connectivity index (χ3v) is 3.93. The van der Waals surface area contributed by atoms with Crippen molar-refractivity contribution < 1.29 is 9.90 Å². The molecule has 0 radical (unpaired) electrons. The van der Waals surface area contributed by atoms with Crippen LogP contribution in [0, 0.1) is 5.92 Å². The van der Waals surface area contributed by atoms with Gasteiger partial charge in [-0.25, -0.2) is 0 Å². The summed E-state index contributed by atoms with van der Waals surface area (Å²) in [4.78, 5) is 12.8. The van der Waals surface area contributed by atoms with Crippen LogP contribution in [0.15, 0.2) is 30.3 Å². The zero-order chi connectivity index (χ0) is 13.0. The molecular weight excluding hydrogens is 226 g/mol. The molecule has 1 N–H and O–H groups in total. The van der Waals surface area contributed by atoms with Crippen LogP contribution in [0.25, 0.3) is 0 Å². The highest BCUT2D eigenvalue weighted by molar-refractivity contribution is 5.69. The minimum atomic E-state index is -0.719. The maximum Gasteiger partial charge on any atom is 0.317 e. The first-order valence-corrected chi connectivity index (χ1v) is 6.69. The summed E-state index contributed by atoms with van der Waals surface area (Å²) in [5.74, 6) is 0.435. The normalized spacial score (nSPS) is 24.9. The number of benzene rings is 1. The molecule has 1 fully saturated rings. The highest BCUT2D eigenvalue weighted by Gasteiger charge is 2.29. The Morgan fingerprint density at radius 1 is 1.39 bits per heavy atom. The molecular formula is C15H21NO2. The van der Waals surface area contributed by atoms with E-state index in [1.54, 1.807) is 0 Å². The Morgan fingerprint density at radius 2 is 2.11 bits per heavy atom. The Balaban J connectivity index is 2.04. The van der Waals surface area contributed by atoms with Crippen LogP contribution in [-0.4, -0.2) is 35.6 Å². The van der Waals surface area contributed by atoms with Gasteiger partial charge in [0.25, 0.3) is 0 Å². The van der Waals surface area contributed by atoms with Gasteiger partial charge in [-0.3, -0.25) is 9.69 Å².